The molecule has 0 bridgehead atoms. The van der Waals surface area contributed by atoms with E-state index in [0.717, 1.165) is 11.6 Å². The molecule has 3 aromatic rings. The van der Waals surface area contributed by atoms with E-state index in [2.05, 4.69) is 0 Å². The summed E-state index contributed by atoms with van der Waals surface area (Å²) >= 11 is 0. The highest BCUT2D eigenvalue weighted by atomic mass is 32.2. The molecule has 0 N–H and O–H groups in total. The largest absolute Gasteiger partial charge is 0.496 e. The summed E-state index contributed by atoms with van der Waals surface area (Å²) in [6, 6.07) is 19.4. The highest BCUT2D eigenvalue weighted by molar-refractivity contribution is 7.92. The Kier molecular flexibility index (Phi) is 5.46. The van der Waals surface area contributed by atoms with Crippen LogP contribution in [0.5, 0.6) is 5.75 Å². The molecule has 0 unspecified atom stereocenters. The Bertz CT molecular complexity index is 1050. The van der Waals surface area contributed by atoms with Crippen LogP contribution in [0.25, 0.3) is 0 Å². The number of ether oxygens (including phenoxy) is 1. The fourth-order valence-electron chi connectivity index (χ4n) is 2.84. The summed E-state index contributed by atoms with van der Waals surface area (Å²) in [5.74, 6) is -0.0119. The first-order valence-corrected chi connectivity index (χ1v) is 9.82. The van der Waals surface area contributed by atoms with Crippen LogP contribution in [-0.4, -0.2) is 15.5 Å². The standard InChI is InChI=1S/C21H20FNO3S/c1-16-7-5-10-19(13-16)23(15-17-8-3-4-12-21(17)26-2)27(24,25)20-11-6-9-18(22)14-20/h3-14H,15H2,1-2H3. The number of benzene rings is 3. The molecule has 0 aromatic heterocycles. The summed E-state index contributed by atoms with van der Waals surface area (Å²) in [6.45, 7) is 1.95. The number of hydrogen-bond donors (Lipinski definition) is 0. The molecule has 0 heterocycles. The van der Waals surface area contributed by atoms with Gasteiger partial charge in [-0.15, -0.1) is 0 Å². The molecule has 3 aromatic carbocycles. The highest BCUT2D eigenvalue weighted by Crippen LogP contribution is 2.29. The van der Waals surface area contributed by atoms with Gasteiger partial charge in [0.15, 0.2) is 0 Å². The van der Waals surface area contributed by atoms with Crippen molar-refractivity contribution in [1.82, 2.24) is 0 Å². The van der Waals surface area contributed by atoms with Crippen molar-refractivity contribution in [2.75, 3.05) is 11.4 Å². The van der Waals surface area contributed by atoms with E-state index in [1.165, 1.54) is 29.6 Å². The molecule has 0 radical (unpaired) electrons. The summed E-state index contributed by atoms with van der Waals surface area (Å²) in [5.41, 5.74) is 2.14. The van der Waals surface area contributed by atoms with Gasteiger partial charge < -0.3 is 4.74 Å². The Hall–Kier alpha value is -2.86. The molecular formula is C21H20FNO3S. The van der Waals surface area contributed by atoms with Crippen molar-refractivity contribution in [2.45, 2.75) is 18.4 Å². The number of halogens is 1. The van der Waals surface area contributed by atoms with Crippen LogP contribution < -0.4 is 9.04 Å². The molecule has 4 nitrogen and oxygen atoms in total. The quantitative estimate of drug-likeness (QED) is 0.626. The summed E-state index contributed by atoms with van der Waals surface area (Å²) < 4.78 is 46.9. The lowest BCUT2D eigenvalue weighted by Crippen LogP contribution is -2.31. The van der Waals surface area contributed by atoms with Gasteiger partial charge in [0, 0.05) is 5.56 Å². The van der Waals surface area contributed by atoms with E-state index in [9.17, 15) is 12.8 Å². The number of methoxy groups -OCH3 is 1. The molecule has 140 valence electrons. The van der Waals surface area contributed by atoms with Gasteiger partial charge in [0.1, 0.15) is 11.6 Å². The summed E-state index contributed by atoms with van der Waals surface area (Å²) in [4.78, 5) is -0.0982. The Labute approximate surface area is 158 Å². The molecule has 0 atom stereocenters. The Morgan fingerprint density at radius 3 is 2.41 bits per heavy atom. The third-order valence-electron chi connectivity index (χ3n) is 4.18. The predicted octanol–water partition coefficient (Wildman–Crippen LogP) is 4.54. The predicted molar refractivity (Wildman–Crippen MR) is 104 cm³/mol. The summed E-state index contributed by atoms with van der Waals surface area (Å²) in [5, 5.41) is 0. The van der Waals surface area contributed by atoms with Crippen LogP contribution in [0.15, 0.2) is 77.7 Å². The van der Waals surface area contributed by atoms with Gasteiger partial charge in [0.25, 0.3) is 10.0 Å². The number of sulfonamides is 1. The van der Waals surface area contributed by atoms with Gasteiger partial charge in [-0.2, -0.15) is 0 Å². The van der Waals surface area contributed by atoms with Crippen molar-refractivity contribution in [3.63, 3.8) is 0 Å². The van der Waals surface area contributed by atoms with Crippen LogP contribution in [-0.2, 0) is 16.6 Å². The second-order valence-corrected chi connectivity index (χ2v) is 7.98. The third kappa shape index (κ3) is 4.11. The molecule has 6 heteroatoms. The Balaban J connectivity index is 2.13. The first-order valence-electron chi connectivity index (χ1n) is 8.38. The lowest BCUT2D eigenvalue weighted by atomic mass is 10.2. The van der Waals surface area contributed by atoms with Gasteiger partial charge in [0.2, 0.25) is 0 Å². The van der Waals surface area contributed by atoms with E-state index in [-0.39, 0.29) is 11.4 Å². The van der Waals surface area contributed by atoms with Gasteiger partial charge in [-0.05, 0) is 48.9 Å². The second-order valence-electron chi connectivity index (χ2n) is 6.12. The SMILES string of the molecule is COc1ccccc1CN(c1cccc(C)c1)S(=O)(=O)c1cccc(F)c1. The Morgan fingerprint density at radius 1 is 0.963 bits per heavy atom. The van der Waals surface area contributed by atoms with Crippen LogP contribution in [0.1, 0.15) is 11.1 Å². The fourth-order valence-corrected chi connectivity index (χ4v) is 4.31. The zero-order valence-corrected chi connectivity index (χ0v) is 15.9. The molecule has 0 saturated carbocycles. The minimum absolute atomic E-state index is 0.0618. The van der Waals surface area contributed by atoms with Crippen molar-refractivity contribution in [2.24, 2.45) is 0 Å². The maximum atomic E-state index is 13.7. The minimum atomic E-state index is -3.98. The number of hydrogen-bond acceptors (Lipinski definition) is 3. The zero-order valence-electron chi connectivity index (χ0n) is 15.1. The lowest BCUT2D eigenvalue weighted by molar-refractivity contribution is 0.410. The number of rotatable bonds is 6. The van der Waals surface area contributed by atoms with E-state index in [1.807, 2.05) is 31.2 Å². The van der Waals surface area contributed by atoms with Gasteiger partial charge in [0.05, 0.1) is 24.2 Å². The lowest BCUT2D eigenvalue weighted by Gasteiger charge is -2.26. The number of aryl methyl sites for hydroxylation is 1. The Morgan fingerprint density at radius 2 is 1.70 bits per heavy atom. The first kappa shape index (κ1) is 18.9. The minimum Gasteiger partial charge on any atom is -0.496 e. The van der Waals surface area contributed by atoms with Crippen LogP contribution in [0.2, 0.25) is 0 Å². The molecule has 0 spiro atoms. The number of anilines is 1. The monoisotopic (exact) mass is 385 g/mol. The molecule has 0 saturated heterocycles. The van der Waals surface area contributed by atoms with Crippen molar-refractivity contribution < 1.29 is 17.5 Å². The van der Waals surface area contributed by atoms with Gasteiger partial charge in [-0.3, -0.25) is 4.31 Å². The molecule has 0 aliphatic heterocycles. The maximum absolute atomic E-state index is 13.7. The maximum Gasteiger partial charge on any atom is 0.264 e. The van der Waals surface area contributed by atoms with Crippen molar-refractivity contribution in [3.05, 3.63) is 89.7 Å². The van der Waals surface area contributed by atoms with Crippen LogP contribution >= 0.6 is 0 Å². The molecule has 3 rings (SSSR count). The zero-order chi connectivity index (χ0) is 19.4. The van der Waals surface area contributed by atoms with Gasteiger partial charge in [-0.25, -0.2) is 12.8 Å². The van der Waals surface area contributed by atoms with E-state index >= 15 is 0 Å². The van der Waals surface area contributed by atoms with Crippen LogP contribution in [0.3, 0.4) is 0 Å². The third-order valence-corrected chi connectivity index (χ3v) is 5.95. The smallest absolute Gasteiger partial charge is 0.264 e. The second kappa shape index (κ2) is 7.80. The molecule has 0 amide bonds. The van der Waals surface area contributed by atoms with Crippen molar-refractivity contribution >= 4 is 15.7 Å². The van der Waals surface area contributed by atoms with E-state index in [1.54, 1.807) is 24.3 Å². The van der Waals surface area contributed by atoms with Gasteiger partial charge >= 0.3 is 0 Å². The fraction of sp³-hybridized carbons (Fsp3) is 0.143. The van der Waals surface area contributed by atoms with E-state index in [4.69, 9.17) is 4.74 Å². The molecular weight excluding hydrogens is 365 g/mol. The summed E-state index contributed by atoms with van der Waals surface area (Å²) in [7, 11) is -2.44. The van der Waals surface area contributed by atoms with E-state index in [0.29, 0.717) is 17.0 Å². The van der Waals surface area contributed by atoms with E-state index < -0.39 is 15.8 Å². The van der Waals surface area contributed by atoms with Gasteiger partial charge in [-0.1, -0.05) is 36.4 Å². The first-order chi connectivity index (χ1) is 12.9. The van der Waals surface area contributed by atoms with Crippen molar-refractivity contribution in [1.29, 1.82) is 0 Å². The average Bonchev–Trinajstić information content (AvgIpc) is 2.66. The molecule has 0 aliphatic carbocycles. The topological polar surface area (TPSA) is 46.6 Å². The van der Waals surface area contributed by atoms with Crippen LogP contribution in [0, 0.1) is 12.7 Å². The number of para-hydroxylation sites is 1. The summed E-state index contributed by atoms with van der Waals surface area (Å²) in [6.07, 6.45) is 0. The van der Waals surface area contributed by atoms with Crippen LogP contribution in [0.4, 0.5) is 10.1 Å². The molecule has 0 fully saturated rings. The number of nitrogens with zero attached hydrogens (tertiary/aromatic N) is 1. The van der Waals surface area contributed by atoms with Crippen molar-refractivity contribution in [3.8, 4) is 5.75 Å². The average molecular weight is 385 g/mol. The normalized spacial score (nSPS) is 11.2. The highest BCUT2D eigenvalue weighted by Gasteiger charge is 2.26. The molecule has 0 aliphatic rings. The molecule has 27 heavy (non-hydrogen) atoms.